The van der Waals surface area contributed by atoms with Crippen molar-refractivity contribution in [1.82, 2.24) is 4.98 Å². The Morgan fingerprint density at radius 2 is 2.00 bits per heavy atom. The highest BCUT2D eigenvalue weighted by molar-refractivity contribution is 9.10. The summed E-state index contributed by atoms with van der Waals surface area (Å²) < 4.78 is 0.930. The first-order chi connectivity index (χ1) is 10.7. The molecule has 1 fully saturated rings. The molecule has 0 bridgehead atoms. The van der Waals surface area contributed by atoms with E-state index in [0.29, 0.717) is 11.6 Å². The van der Waals surface area contributed by atoms with Crippen LogP contribution in [0.1, 0.15) is 36.0 Å². The number of hydrogen-bond acceptors (Lipinski definition) is 3. The molecule has 0 radical (unpaired) electrons. The molecule has 0 saturated heterocycles. The summed E-state index contributed by atoms with van der Waals surface area (Å²) >= 11 is 3.39. The number of anilines is 2. The Hall–Kier alpha value is -1.88. The molecule has 1 aromatic carbocycles. The van der Waals surface area contributed by atoms with E-state index >= 15 is 0 Å². The van der Waals surface area contributed by atoms with Crippen molar-refractivity contribution in [2.75, 3.05) is 10.6 Å². The number of pyridine rings is 1. The Balaban J connectivity index is 1.63. The van der Waals surface area contributed by atoms with Crippen LogP contribution in [-0.4, -0.2) is 16.9 Å². The molecule has 0 unspecified atom stereocenters. The standard InChI is InChI=1S/C17H18BrN3O/c18-13-4-3-7-15(10-13)21-17(22)12-8-9-16(19-11-12)20-14-5-1-2-6-14/h3-4,7-11,14H,1-2,5-6H2,(H,19,20)(H,21,22). The van der Waals surface area contributed by atoms with Gasteiger partial charge in [-0.25, -0.2) is 4.98 Å². The highest BCUT2D eigenvalue weighted by atomic mass is 79.9. The zero-order valence-electron chi connectivity index (χ0n) is 12.2. The molecule has 22 heavy (non-hydrogen) atoms. The van der Waals surface area contributed by atoms with Crippen LogP contribution < -0.4 is 10.6 Å². The first-order valence-corrected chi connectivity index (χ1v) is 8.29. The summed E-state index contributed by atoms with van der Waals surface area (Å²) in [6.45, 7) is 0. The van der Waals surface area contributed by atoms with E-state index in [-0.39, 0.29) is 5.91 Å². The van der Waals surface area contributed by atoms with Crippen LogP contribution in [0.15, 0.2) is 47.1 Å². The average Bonchev–Trinajstić information content (AvgIpc) is 3.01. The van der Waals surface area contributed by atoms with Crippen molar-refractivity contribution in [2.45, 2.75) is 31.7 Å². The molecule has 5 heteroatoms. The third-order valence-corrected chi connectivity index (χ3v) is 4.31. The zero-order chi connectivity index (χ0) is 15.4. The molecule has 114 valence electrons. The molecule has 2 N–H and O–H groups in total. The Bertz CT molecular complexity index is 651. The largest absolute Gasteiger partial charge is 0.367 e. The average molecular weight is 360 g/mol. The second kappa shape index (κ2) is 6.92. The molecule has 1 saturated carbocycles. The lowest BCUT2D eigenvalue weighted by Gasteiger charge is -2.12. The van der Waals surface area contributed by atoms with E-state index in [4.69, 9.17) is 0 Å². The minimum Gasteiger partial charge on any atom is -0.367 e. The minimum atomic E-state index is -0.155. The van der Waals surface area contributed by atoms with Crippen LogP contribution in [-0.2, 0) is 0 Å². The van der Waals surface area contributed by atoms with Crippen molar-refractivity contribution < 1.29 is 4.79 Å². The van der Waals surface area contributed by atoms with Gasteiger partial charge < -0.3 is 10.6 Å². The molecule has 4 nitrogen and oxygen atoms in total. The second-order valence-electron chi connectivity index (χ2n) is 5.52. The van der Waals surface area contributed by atoms with E-state index in [9.17, 15) is 4.79 Å². The van der Waals surface area contributed by atoms with Gasteiger partial charge in [0.1, 0.15) is 5.82 Å². The number of hydrogen-bond donors (Lipinski definition) is 2. The number of carbonyl (C=O) groups excluding carboxylic acids is 1. The van der Waals surface area contributed by atoms with Gasteiger partial charge in [0.2, 0.25) is 0 Å². The van der Waals surface area contributed by atoms with Crippen LogP contribution in [0.3, 0.4) is 0 Å². The summed E-state index contributed by atoms with van der Waals surface area (Å²) in [5, 5.41) is 6.28. The predicted molar refractivity (Wildman–Crippen MR) is 92.2 cm³/mol. The van der Waals surface area contributed by atoms with Crippen LogP contribution in [0.4, 0.5) is 11.5 Å². The van der Waals surface area contributed by atoms with Crippen molar-refractivity contribution in [3.8, 4) is 0 Å². The van der Waals surface area contributed by atoms with Gasteiger partial charge in [-0.3, -0.25) is 4.79 Å². The maximum Gasteiger partial charge on any atom is 0.257 e. The molecule has 2 aromatic rings. The Morgan fingerprint density at radius 3 is 2.68 bits per heavy atom. The van der Waals surface area contributed by atoms with Crippen molar-refractivity contribution in [3.05, 3.63) is 52.6 Å². The fourth-order valence-corrected chi connectivity index (χ4v) is 3.06. The Kier molecular flexibility index (Phi) is 4.73. The molecule has 1 aliphatic rings. The van der Waals surface area contributed by atoms with Crippen LogP contribution in [0.2, 0.25) is 0 Å². The van der Waals surface area contributed by atoms with Crippen LogP contribution in [0.25, 0.3) is 0 Å². The van der Waals surface area contributed by atoms with Gasteiger partial charge in [0, 0.05) is 22.4 Å². The molecule has 1 amide bonds. The molecular weight excluding hydrogens is 342 g/mol. The molecule has 0 atom stereocenters. The normalized spacial score (nSPS) is 14.8. The SMILES string of the molecule is O=C(Nc1cccc(Br)c1)c1ccc(NC2CCCC2)nc1. The maximum atomic E-state index is 12.2. The van der Waals surface area contributed by atoms with Gasteiger partial charge in [-0.15, -0.1) is 0 Å². The van der Waals surface area contributed by atoms with Gasteiger partial charge in [-0.2, -0.15) is 0 Å². The third-order valence-electron chi connectivity index (χ3n) is 3.82. The molecule has 1 aliphatic carbocycles. The van der Waals surface area contributed by atoms with Gasteiger partial charge in [-0.05, 0) is 43.2 Å². The van der Waals surface area contributed by atoms with Crippen LogP contribution >= 0.6 is 15.9 Å². The Labute approximate surface area is 138 Å². The Morgan fingerprint density at radius 1 is 1.18 bits per heavy atom. The lowest BCUT2D eigenvalue weighted by atomic mass is 10.2. The fourth-order valence-electron chi connectivity index (χ4n) is 2.66. The third kappa shape index (κ3) is 3.85. The topological polar surface area (TPSA) is 54.0 Å². The smallest absolute Gasteiger partial charge is 0.257 e. The molecular formula is C17H18BrN3O. The van der Waals surface area contributed by atoms with E-state index < -0.39 is 0 Å². The number of nitrogens with one attached hydrogen (secondary N) is 2. The lowest BCUT2D eigenvalue weighted by Crippen LogP contribution is -2.16. The van der Waals surface area contributed by atoms with E-state index in [2.05, 4.69) is 31.5 Å². The maximum absolute atomic E-state index is 12.2. The van der Waals surface area contributed by atoms with Gasteiger partial charge in [0.25, 0.3) is 5.91 Å². The summed E-state index contributed by atoms with van der Waals surface area (Å²) in [5.41, 5.74) is 1.31. The number of nitrogens with zero attached hydrogens (tertiary/aromatic N) is 1. The van der Waals surface area contributed by atoms with Crippen molar-refractivity contribution >= 4 is 33.3 Å². The van der Waals surface area contributed by atoms with Crippen molar-refractivity contribution in [2.24, 2.45) is 0 Å². The number of rotatable bonds is 4. The van der Waals surface area contributed by atoms with E-state index in [1.807, 2.05) is 30.3 Å². The van der Waals surface area contributed by atoms with E-state index in [0.717, 1.165) is 16.0 Å². The highest BCUT2D eigenvalue weighted by Crippen LogP contribution is 2.21. The zero-order valence-corrected chi connectivity index (χ0v) is 13.8. The molecule has 1 aromatic heterocycles. The lowest BCUT2D eigenvalue weighted by molar-refractivity contribution is 0.102. The highest BCUT2D eigenvalue weighted by Gasteiger charge is 2.15. The quantitative estimate of drug-likeness (QED) is 0.847. The second-order valence-corrected chi connectivity index (χ2v) is 6.44. The summed E-state index contributed by atoms with van der Waals surface area (Å²) in [4.78, 5) is 16.5. The van der Waals surface area contributed by atoms with Gasteiger partial charge in [0.15, 0.2) is 0 Å². The van der Waals surface area contributed by atoms with Gasteiger partial charge in [0.05, 0.1) is 5.56 Å². The summed E-state index contributed by atoms with van der Waals surface area (Å²) in [7, 11) is 0. The summed E-state index contributed by atoms with van der Waals surface area (Å²) in [6.07, 6.45) is 6.58. The van der Waals surface area contributed by atoms with Gasteiger partial charge in [-0.1, -0.05) is 34.8 Å². The number of benzene rings is 1. The number of halogens is 1. The first kappa shape index (κ1) is 15.0. The van der Waals surface area contributed by atoms with Crippen molar-refractivity contribution in [1.29, 1.82) is 0 Å². The predicted octanol–water partition coefficient (Wildman–Crippen LogP) is 4.45. The molecule has 0 spiro atoms. The molecule has 1 heterocycles. The molecule has 0 aliphatic heterocycles. The minimum absolute atomic E-state index is 0.155. The summed E-state index contributed by atoms with van der Waals surface area (Å²) in [6, 6.07) is 11.7. The monoisotopic (exact) mass is 359 g/mol. The first-order valence-electron chi connectivity index (χ1n) is 7.50. The fraction of sp³-hybridized carbons (Fsp3) is 0.294. The van der Waals surface area contributed by atoms with Crippen LogP contribution in [0.5, 0.6) is 0 Å². The number of amides is 1. The van der Waals surface area contributed by atoms with Crippen LogP contribution in [0, 0.1) is 0 Å². The molecule has 3 rings (SSSR count). The van der Waals surface area contributed by atoms with E-state index in [1.54, 1.807) is 12.3 Å². The van der Waals surface area contributed by atoms with E-state index in [1.165, 1.54) is 25.7 Å². The number of carbonyl (C=O) groups is 1. The summed E-state index contributed by atoms with van der Waals surface area (Å²) in [5.74, 6) is 0.684. The van der Waals surface area contributed by atoms with Crippen molar-refractivity contribution in [3.63, 3.8) is 0 Å². The number of aromatic nitrogens is 1. The van der Waals surface area contributed by atoms with Gasteiger partial charge >= 0.3 is 0 Å².